The second-order valence-corrected chi connectivity index (χ2v) is 11.5. The zero-order valence-corrected chi connectivity index (χ0v) is 23.5. The van der Waals surface area contributed by atoms with E-state index >= 15 is 0 Å². The van der Waals surface area contributed by atoms with Crippen LogP contribution in [-0.2, 0) is 23.0 Å². The third kappa shape index (κ3) is 5.91. The molecule has 3 aromatic rings. The molecule has 2 heterocycles. The van der Waals surface area contributed by atoms with Crippen LogP contribution in [0.25, 0.3) is 0 Å². The maximum atomic E-state index is 13.2. The molecule has 1 aromatic heterocycles. The molecule has 194 valence electrons. The second kappa shape index (κ2) is 11.3. The van der Waals surface area contributed by atoms with Crippen LogP contribution in [-0.4, -0.2) is 61.3 Å². The number of hydrogen-bond acceptors (Lipinski definition) is 7. The van der Waals surface area contributed by atoms with Crippen molar-refractivity contribution in [1.82, 2.24) is 24.4 Å². The maximum absolute atomic E-state index is 13.2. The van der Waals surface area contributed by atoms with Crippen LogP contribution in [0.4, 0.5) is 5.69 Å². The number of aromatic nitrogens is 3. The lowest BCUT2D eigenvalue weighted by Crippen LogP contribution is -2.44. The average molecular weight is 578 g/mol. The van der Waals surface area contributed by atoms with E-state index in [-0.39, 0.29) is 4.90 Å². The summed E-state index contributed by atoms with van der Waals surface area (Å²) < 4.78 is 37.9. The molecule has 0 radical (unpaired) electrons. The first-order chi connectivity index (χ1) is 17.2. The van der Waals surface area contributed by atoms with Crippen molar-refractivity contribution < 1.29 is 13.2 Å². The molecular formula is C25H33BrN6O3S. The molecule has 1 saturated heterocycles. The van der Waals surface area contributed by atoms with Gasteiger partial charge in [0.2, 0.25) is 10.0 Å². The first-order valence-corrected chi connectivity index (χ1v) is 14.4. The number of halogens is 1. The highest BCUT2D eigenvalue weighted by atomic mass is 79.9. The lowest BCUT2D eigenvalue weighted by molar-refractivity contribution is 0.312. The van der Waals surface area contributed by atoms with E-state index in [0.717, 1.165) is 41.9 Å². The van der Waals surface area contributed by atoms with Crippen molar-refractivity contribution in [2.24, 2.45) is 0 Å². The molecule has 2 aromatic carbocycles. The summed E-state index contributed by atoms with van der Waals surface area (Å²) in [5.74, 6) is 1.15. The van der Waals surface area contributed by atoms with Crippen LogP contribution in [0.3, 0.4) is 0 Å². The van der Waals surface area contributed by atoms with Crippen LogP contribution in [0.1, 0.15) is 38.2 Å². The number of rotatable bonds is 9. The minimum absolute atomic E-state index is 0.264. The Morgan fingerprint density at radius 3 is 2.53 bits per heavy atom. The van der Waals surface area contributed by atoms with Gasteiger partial charge in [0, 0.05) is 49.0 Å². The van der Waals surface area contributed by atoms with Crippen LogP contribution in [0, 0.1) is 0 Å². The Hall–Kier alpha value is -2.47. The number of ether oxygens (including phenoxy) is 1. The van der Waals surface area contributed by atoms with Crippen LogP contribution >= 0.6 is 15.9 Å². The van der Waals surface area contributed by atoms with Crippen molar-refractivity contribution in [2.75, 3.05) is 38.1 Å². The SMILES string of the molecule is CCc1cc(Br)ccc1S(=O)(=O)N[C@H](C)c1nnc(Oc2cccc(N3CCN(C)CC3)c2)n1CC. The number of benzene rings is 2. The number of piperazine rings is 1. The molecule has 1 aliphatic rings. The highest BCUT2D eigenvalue weighted by Gasteiger charge is 2.26. The van der Waals surface area contributed by atoms with Gasteiger partial charge in [0.25, 0.3) is 0 Å². The molecule has 0 unspecified atom stereocenters. The minimum Gasteiger partial charge on any atom is -0.424 e. The van der Waals surface area contributed by atoms with Gasteiger partial charge in [-0.1, -0.05) is 34.0 Å². The van der Waals surface area contributed by atoms with Crippen LogP contribution in [0.5, 0.6) is 11.8 Å². The van der Waals surface area contributed by atoms with Gasteiger partial charge in [-0.3, -0.25) is 4.57 Å². The number of nitrogens with one attached hydrogen (secondary N) is 1. The number of hydrogen-bond donors (Lipinski definition) is 1. The largest absolute Gasteiger partial charge is 0.424 e. The third-order valence-electron chi connectivity index (χ3n) is 6.37. The molecule has 1 aliphatic heterocycles. The Morgan fingerprint density at radius 1 is 1.08 bits per heavy atom. The van der Waals surface area contributed by atoms with E-state index in [1.165, 1.54) is 0 Å². The van der Waals surface area contributed by atoms with Crippen molar-refractivity contribution in [2.45, 2.75) is 44.7 Å². The minimum atomic E-state index is -3.77. The fraction of sp³-hybridized carbons (Fsp3) is 0.440. The Kier molecular flexibility index (Phi) is 8.34. The van der Waals surface area contributed by atoms with Crippen molar-refractivity contribution >= 4 is 31.6 Å². The van der Waals surface area contributed by atoms with Gasteiger partial charge in [-0.05, 0) is 63.2 Å². The van der Waals surface area contributed by atoms with Gasteiger partial charge in [0.1, 0.15) is 5.75 Å². The highest BCUT2D eigenvalue weighted by molar-refractivity contribution is 9.10. The molecule has 4 rings (SSSR count). The van der Waals surface area contributed by atoms with Crippen LogP contribution < -0.4 is 14.4 Å². The molecule has 1 N–H and O–H groups in total. The van der Waals surface area contributed by atoms with Crippen molar-refractivity contribution in [1.29, 1.82) is 0 Å². The summed E-state index contributed by atoms with van der Waals surface area (Å²) in [6.45, 7) is 10.1. The average Bonchev–Trinajstić information content (AvgIpc) is 3.26. The standard InChI is InChI=1S/C25H33BrN6O3S/c1-5-19-16-20(26)10-11-23(19)36(33,34)29-18(3)24-27-28-25(32(24)6-2)35-22-9-7-8-21(17-22)31-14-12-30(4)13-15-31/h7-11,16-18,29H,5-6,12-15H2,1-4H3/t18-/m1/s1. The number of anilines is 1. The van der Waals surface area contributed by atoms with E-state index in [1.807, 2.05) is 38.1 Å². The Labute approximate surface area is 221 Å². The van der Waals surface area contributed by atoms with Crippen molar-refractivity contribution in [3.05, 3.63) is 58.3 Å². The summed E-state index contributed by atoms with van der Waals surface area (Å²) in [5, 5.41) is 8.51. The molecule has 36 heavy (non-hydrogen) atoms. The topological polar surface area (TPSA) is 92.6 Å². The molecule has 1 fully saturated rings. The number of nitrogens with zero attached hydrogens (tertiary/aromatic N) is 5. The maximum Gasteiger partial charge on any atom is 0.322 e. The summed E-state index contributed by atoms with van der Waals surface area (Å²) in [4.78, 5) is 4.92. The molecule has 0 amide bonds. The molecule has 0 aliphatic carbocycles. The molecule has 0 spiro atoms. The van der Waals surface area contributed by atoms with E-state index < -0.39 is 16.1 Å². The first-order valence-electron chi connectivity index (χ1n) is 12.2. The Balaban J connectivity index is 1.52. The smallest absolute Gasteiger partial charge is 0.322 e. The molecule has 0 saturated carbocycles. The van der Waals surface area contributed by atoms with E-state index in [2.05, 4.69) is 53.8 Å². The van der Waals surface area contributed by atoms with Gasteiger partial charge < -0.3 is 14.5 Å². The lowest BCUT2D eigenvalue weighted by atomic mass is 10.2. The van der Waals surface area contributed by atoms with Gasteiger partial charge in [0.05, 0.1) is 10.9 Å². The molecule has 1 atom stereocenters. The van der Waals surface area contributed by atoms with Crippen molar-refractivity contribution in [3.8, 4) is 11.8 Å². The van der Waals surface area contributed by atoms with E-state index in [4.69, 9.17) is 4.74 Å². The Bertz CT molecular complexity index is 1300. The zero-order valence-electron chi connectivity index (χ0n) is 21.1. The summed E-state index contributed by atoms with van der Waals surface area (Å²) in [6, 6.07) is 12.8. The first kappa shape index (κ1) is 26.6. The number of sulfonamides is 1. The highest BCUT2D eigenvalue weighted by Crippen LogP contribution is 2.28. The van der Waals surface area contributed by atoms with Crippen molar-refractivity contribution in [3.63, 3.8) is 0 Å². The molecular weight excluding hydrogens is 544 g/mol. The van der Waals surface area contributed by atoms with Crippen LogP contribution in [0.2, 0.25) is 0 Å². The van der Waals surface area contributed by atoms with E-state index in [0.29, 0.717) is 30.5 Å². The van der Waals surface area contributed by atoms with Gasteiger partial charge in [-0.2, -0.15) is 0 Å². The second-order valence-electron chi connectivity index (χ2n) is 8.92. The van der Waals surface area contributed by atoms with E-state index in [9.17, 15) is 8.42 Å². The zero-order chi connectivity index (χ0) is 25.9. The number of aryl methyl sites for hydroxylation is 1. The van der Waals surface area contributed by atoms with Gasteiger partial charge in [0.15, 0.2) is 5.82 Å². The fourth-order valence-corrected chi connectivity index (χ4v) is 6.24. The summed E-state index contributed by atoms with van der Waals surface area (Å²) >= 11 is 3.41. The van der Waals surface area contributed by atoms with Gasteiger partial charge in [-0.15, -0.1) is 5.10 Å². The summed E-state index contributed by atoms with van der Waals surface area (Å²) in [7, 11) is -1.63. The fourth-order valence-electron chi connectivity index (χ4n) is 4.34. The quantitative estimate of drug-likeness (QED) is 0.408. The van der Waals surface area contributed by atoms with Gasteiger partial charge in [-0.25, -0.2) is 13.1 Å². The normalized spacial score (nSPS) is 15.8. The third-order valence-corrected chi connectivity index (χ3v) is 8.50. The predicted molar refractivity (Wildman–Crippen MR) is 144 cm³/mol. The van der Waals surface area contributed by atoms with Gasteiger partial charge >= 0.3 is 6.01 Å². The monoisotopic (exact) mass is 576 g/mol. The lowest BCUT2D eigenvalue weighted by Gasteiger charge is -2.34. The molecule has 9 nitrogen and oxygen atoms in total. The van der Waals surface area contributed by atoms with E-state index in [1.54, 1.807) is 23.6 Å². The van der Waals surface area contributed by atoms with Crippen LogP contribution in [0.15, 0.2) is 51.8 Å². The summed E-state index contributed by atoms with van der Waals surface area (Å²) in [5.41, 5.74) is 1.84. The summed E-state index contributed by atoms with van der Waals surface area (Å²) in [6.07, 6.45) is 0.598. The number of likely N-dealkylation sites (N-methyl/N-ethyl adjacent to an activating group) is 1. The Morgan fingerprint density at radius 2 is 1.83 bits per heavy atom. The molecule has 0 bridgehead atoms. The predicted octanol–water partition coefficient (Wildman–Crippen LogP) is 4.21. The molecule has 11 heteroatoms.